The Kier molecular flexibility index (Phi) is 4.76. The van der Waals surface area contributed by atoms with E-state index < -0.39 is 10.2 Å². The van der Waals surface area contributed by atoms with E-state index in [9.17, 15) is 8.42 Å². The average molecular weight is 349 g/mol. The quantitative estimate of drug-likeness (QED) is 0.832. The number of hydrogen-bond acceptors (Lipinski definition) is 4. The standard InChI is InChI=1S/C17H23N3O3S/c1-13-9-10-17(23-13)16-8-6-12-20(16)24(21,22)19(3)14(2)15-7-4-5-11-18-15/h4-5,7,9-11,14,16H,6,8,12H2,1-3H3/t14-,16-/m1/s1. The summed E-state index contributed by atoms with van der Waals surface area (Å²) in [5, 5.41) is 0. The third-order valence-corrected chi connectivity index (χ3v) is 6.69. The Labute approximate surface area is 143 Å². The van der Waals surface area contributed by atoms with Crippen LogP contribution in [0.4, 0.5) is 0 Å². The summed E-state index contributed by atoms with van der Waals surface area (Å²) in [6, 6.07) is 8.70. The van der Waals surface area contributed by atoms with Gasteiger partial charge in [-0.1, -0.05) is 6.07 Å². The maximum Gasteiger partial charge on any atom is 0.283 e. The SMILES string of the molecule is Cc1ccc([C@H]2CCCN2S(=O)(=O)N(C)[C@H](C)c2ccccn2)o1. The molecule has 24 heavy (non-hydrogen) atoms. The highest BCUT2D eigenvalue weighted by molar-refractivity contribution is 7.86. The summed E-state index contributed by atoms with van der Waals surface area (Å²) in [6.07, 6.45) is 3.28. The molecule has 1 aliphatic heterocycles. The monoisotopic (exact) mass is 349 g/mol. The van der Waals surface area contributed by atoms with Crippen molar-refractivity contribution in [3.05, 3.63) is 53.7 Å². The van der Waals surface area contributed by atoms with Crippen LogP contribution in [-0.4, -0.2) is 35.6 Å². The molecule has 0 N–H and O–H groups in total. The molecule has 1 aliphatic rings. The van der Waals surface area contributed by atoms with Crippen LogP contribution in [0.2, 0.25) is 0 Å². The summed E-state index contributed by atoms with van der Waals surface area (Å²) < 4.78 is 34.9. The van der Waals surface area contributed by atoms with Crippen LogP contribution in [0.1, 0.15) is 49.1 Å². The van der Waals surface area contributed by atoms with Gasteiger partial charge in [0.05, 0.1) is 17.8 Å². The van der Waals surface area contributed by atoms with Gasteiger partial charge < -0.3 is 4.42 Å². The Morgan fingerprint density at radius 3 is 2.75 bits per heavy atom. The number of nitrogens with zero attached hydrogens (tertiary/aromatic N) is 3. The maximum absolute atomic E-state index is 13.1. The van der Waals surface area contributed by atoms with Crippen LogP contribution in [0.25, 0.3) is 0 Å². The van der Waals surface area contributed by atoms with E-state index in [4.69, 9.17) is 4.42 Å². The topological polar surface area (TPSA) is 66.7 Å². The van der Waals surface area contributed by atoms with E-state index in [0.29, 0.717) is 12.3 Å². The van der Waals surface area contributed by atoms with Crippen molar-refractivity contribution in [2.45, 2.75) is 38.8 Å². The van der Waals surface area contributed by atoms with Crippen molar-refractivity contribution < 1.29 is 12.8 Å². The van der Waals surface area contributed by atoms with Crippen LogP contribution in [0.5, 0.6) is 0 Å². The van der Waals surface area contributed by atoms with E-state index in [0.717, 1.165) is 24.3 Å². The largest absolute Gasteiger partial charge is 0.465 e. The maximum atomic E-state index is 13.1. The summed E-state index contributed by atoms with van der Waals surface area (Å²) in [6.45, 7) is 4.22. The summed E-state index contributed by atoms with van der Waals surface area (Å²) in [5.74, 6) is 1.51. The van der Waals surface area contributed by atoms with Crippen molar-refractivity contribution in [2.24, 2.45) is 0 Å². The van der Waals surface area contributed by atoms with Crippen LogP contribution < -0.4 is 0 Å². The molecule has 0 amide bonds. The molecule has 0 spiro atoms. The van der Waals surface area contributed by atoms with E-state index in [2.05, 4.69) is 4.98 Å². The lowest BCUT2D eigenvalue weighted by molar-refractivity contribution is 0.292. The second-order valence-corrected chi connectivity index (χ2v) is 8.11. The Balaban J connectivity index is 1.86. The molecule has 2 atom stereocenters. The smallest absolute Gasteiger partial charge is 0.283 e. The molecule has 7 heteroatoms. The van der Waals surface area contributed by atoms with Gasteiger partial charge in [0, 0.05) is 19.8 Å². The molecule has 0 unspecified atom stereocenters. The molecule has 1 saturated heterocycles. The number of furan rings is 1. The van der Waals surface area contributed by atoms with Gasteiger partial charge in [0.1, 0.15) is 11.5 Å². The van der Waals surface area contributed by atoms with Crippen molar-refractivity contribution in [1.82, 2.24) is 13.6 Å². The van der Waals surface area contributed by atoms with E-state index in [-0.39, 0.29) is 12.1 Å². The van der Waals surface area contributed by atoms with E-state index >= 15 is 0 Å². The first-order chi connectivity index (χ1) is 11.4. The molecule has 0 aliphatic carbocycles. The van der Waals surface area contributed by atoms with Crippen molar-refractivity contribution in [2.75, 3.05) is 13.6 Å². The van der Waals surface area contributed by atoms with Crippen LogP contribution in [0.15, 0.2) is 40.9 Å². The fourth-order valence-electron chi connectivity index (χ4n) is 3.11. The number of pyridine rings is 1. The minimum absolute atomic E-state index is 0.234. The van der Waals surface area contributed by atoms with Crippen molar-refractivity contribution >= 4 is 10.2 Å². The Morgan fingerprint density at radius 2 is 2.12 bits per heavy atom. The number of hydrogen-bond donors (Lipinski definition) is 0. The van der Waals surface area contributed by atoms with E-state index in [1.54, 1.807) is 17.5 Å². The molecule has 130 valence electrons. The fourth-order valence-corrected chi connectivity index (χ4v) is 4.84. The van der Waals surface area contributed by atoms with Gasteiger partial charge in [-0.2, -0.15) is 17.0 Å². The fraction of sp³-hybridized carbons (Fsp3) is 0.471. The Hall–Kier alpha value is -1.70. The summed E-state index contributed by atoms with van der Waals surface area (Å²) >= 11 is 0. The highest BCUT2D eigenvalue weighted by atomic mass is 32.2. The van der Waals surface area contributed by atoms with Gasteiger partial charge >= 0.3 is 0 Å². The van der Waals surface area contributed by atoms with E-state index in [1.807, 2.05) is 44.2 Å². The second kappa shape index (κ2) is 6.66. The predicted molar refractivity (Wildman–Crippen MR) is 91.5 cm³/mol. The molecule has 0 radical (unpaired) electrons. The molecule has 0 bridgehead atoms. The lowest BCUT2D eigenvalue weighted by atomic mass is 10.2. The van der Waals surface area contributed by atoms with Crippen molar-refractivity contribution in [3.8, 4) is 0 Å². The van der Waals surface area contributed by atoms with Gasteiger partial charge in [-0.15, -0.1) is 0 Å². The summed E-state index contributed by atoms with van der Waals surface area (Å²) in [7, 11) is -2.00. The number of aromatic nitrogens is 1. The molecule has 0 aromatic carbocycles. The minimum Gasteiger partial charge on any atom is -0.465 e. The second-order valence-electron chi connectivity index (χ2n) is 6.17. The zero-order valence-electron chi connectivity index (χ0n) is 14.2. The van der Waals surface area contributed by atoms with Gasteiger partial charge in [-0.3, -0.25) is 4.98 Å². The summed E-state index contributed by atoms with van der Waals surface area (Å²) in [5.41, 5.74) is 0.730. The number of aryl methyl sites for hydroxylation is 1. The highest BCUT2D eigenvalue weighted by Crippen LogP contribution is 2.37. The first kappa shape index (κ1) is 17.1. The minimum atomic E-state index is -3.61. The first-order valence-corrected chi connectivity index (χ1v) is 9.53. The molecule has 0 saturated carbocycles. The lowest BCUT2D eigenvalue weighted by Gasteiger charge is -2.31. The molecular formula is C17H23N3O3S. The lowest BCUT2D eigenvalue weighted by Crippen LogP contribution is -2.42. The zero-order chi connectivity index (χ0) is 17.3. The molecule has 3 rings (SSSR count). The summed E-state index contributed by atoms with van der Waals surface area (Å²) in [4.78, 5) is 4.28. The molecular weight excluding hydrogens is 326 g/mol. The first-order valence-electron chi connectivity index (χ1n) is 8.13. The molecule has 2 aromatic heterocycles. The average Bonchev–Trinajstić information content (AvgIpc) is 3.23. The molecule has 1 fully saturated rings. The van der Waals surface area contributed by atoms with Crippen molar-refractivity contribution in [1.29, 1.82) is 0 Å². The van der Waals surface area contributed by atoms with E-state index in [1.165, 1.54) is 4.31 Å². The van der Waals surface area contributed by atoms with Crippen LogP contribution in [0.3, 0.4) is 0 Å². The molecule has 2 aromatic rings. The highest BCUT2D eigenvalue weighted by Gasteiger charge is 2.40. The Bertz CT molecular complexity index is 788. The van der Waals surface area contributed by atoms with Crippen LogP contribution >= 0.6 is 0 Å². The van der Waals surface area contributed by atoms with Crippen LogP contribution in [-0.2, 0) is 10.2 Å². The van der Waals surface area contributed by atoms with Crippen LogP contribution in [0, 0.1) is 6.92 Å². The Morgan fingerprint density at radius 1 is 1.33 bits per heavy atom. The van der Waals surface area contributed by atoms with Gasteiger partial charge in [-0.05, 0) is 51.0 Å². The normalized spacial score (nSPS) is 20.6. The molecule has 6 nitrogen and oxygen atoms in total. The van der Waals surface area contributed by atoms with Gasteiger partial charge in [0.25, 0.3) is 10.2 Å². The number of rotatable bonds is 5. The van der Waals surface area contributed by atoms with Gasteiger partial charge in [-0.25, -0.2) is 0 Å². The molecule has 3 heterocycles. The van der Waals surface area contributed by atoms with Gasteiger partial charge in [0.15, 0.2) is 0 Å². The third kappa shape index (κ3) is 3.11. The third-order valence-electron chi connectivity index (χ3n) is 4.61. The van der Waals surface area contributed by atoms with Crippen molar-refractivity contribution in [3.63, 3.8) is 0 Å². The van der Waals surface area contributed by atoms with Gasteiger partial charge in [0.2, 0.25) is 0 Å². The predicted octanol–water partition coefficient (Wildman–Crippen LogP) is 3.06. The zero-order valence-corrected chi connectivity index (χ0v) is 15.0.